The van der Waals surface area contributed by atoms with E-state index in [1.54, 1.807) is 43.4 Å². The van der Waals surface area contributed by atoms with E-state index >= 15 is 0 Å². The number of hydrogen-bond donors (Lipinski definition) is 1. The number of carbonyl (C=O) groups is 1. The van der Waals surface area contributed by atoms with Crippen molar-refractivity contribution in [2.24, 2.45) is 4.99 Å². The number of halogens is 1. The Labute approximate surface area is 208 Å². The SMILES string of the molecule is C/N=c1\sc([N+]2(C(=O)CCS(=O)(=O)c3ccc4cc(Cl)ccc4c3)CCCCC2)cn1CCO. The van der Waals surface area contributed by atoms with E-state index in [0.29, 0.717) is 24.7 Å². The highest BCUT2D eigenvalue weighted by Crippen LogP contribution is 2.33. The number of carbonyl (C=O) groups excluding carboxylic acids is 1. The Morgan fingerprint density at radius 2 is 1.85 bits per heavy atom. The molecule has 0 atom stereocenters. The van der Waals surface area contributed by atoms with E-state index in [1.165, 1.54) is 11.3 Å². The van der Waals surface area contributed by atoms with Gasteiger partial charge in [-0.1, -0.05) is 23.7 Å². The summed E-state index contributed by atoms with van der Waals surface area (Å²) in [4.78, 5) is 18.9. The van der Waals surface area contributed by atoms with Crippen LogP contribution in [0.4, 0.5) is 5.00 Å². The fraction of sp³-hybridized carbons (Fsp3) is 0.417. The lowest BCUT2D eigenvalue weighted by Gasteiger charge is -2.37. The lowest BCUT2D eigenvalue weighted by molar-refractivity contribution is -0.130. The summed E-state index contributed by atoms with van der Waals surface area (Å²) in [6.07, 6.45) is 4.71. The van der Waals surface area contributed by atoms with Crippen LogP contribution in [0.2, 0.25) is 5.02 Å². The minimum absolute atomic E-state index is 0.0203. The number of benzene rings is 2. The van der Waals surface area contributed by atoms with Gasteiger partial charge in [0.25, 0.3) is 0 Å². The molecular formula is C24H29ClN3O4S2+. The van der Waals surface area contributed by atoms with Crippen LogP contribution in [-0.2, 0) is 21.2 Å². The van der Waals surface area contributed by atoms with Crippen LogP contribution in [0, 0.1) is 0 Å². The third-order valence-electron chi connectivity index (χ3n) is 6.44. The van der Waals surface area contributed by atoms with Crippen molar-refractivity contribution in [1.29, 1.82) is 0 Å². The van der Waals surface area contributed by atoms with Crippen LogP contribution in [0.5, 0.6) is 0 Å². The number of aromatic nitrogens is 1. The second-order valence-electron chi connectivity index (χ2n) is 8.58. The highest BCUT2D eigenvalue weighted by Gasteiger charge is 2.42. The molecule has 0 spiro atoms. The molecule has 1 saturated heterocycles. The van der Waals surface area contributed by atoms with Crippen molar-refractivity contribution in [1.82, 2.24) is 9.05 Å². The van der Waals surface area contributed by atoms with Crippen LogP contribution in [0.15, 0.2) is 52.5 Å². The van der Waals surface area contributed by atoms with Gasteiger partial charge in [-0.2, -0.15) is 0 Å². The molecule has 3 aromatic rings. The summed E-state index contributed by atoms with van der Waals surface area (Å²) in [5.41, 5.74) is 0. The van der Waals surface area contributed by atoms with Gasteiger partial charge in [0.05, 0.1) is 43.0 Å². The molecule has 7 nitrogen and oxygen atoms in total. The van der Waals surface area contributed by atoms with Gasteiger partial charge in [-0.25, -0.2) is 17.7 Å². The number of thiazole rings is 1. The highest BCUT2D eigenvalue weighted by molar-refractivity contribution is 7.91. The van der Waals surface area contributed by atoms with Crippen molar-refractivity contribution in [2.75, 3.05) is 32.5 Å². The molecule has 1 aliphatic heterocycles. The fourth-order valence-electron chi connectivity index (χ4n) is 4.59. The first kappa shape index (κ1) is 25.1. The van der Waals surface area contributed by atoms with Crippen molar-refractivity contribution >= 4 is 54.5 Å². The number of amides is 1. The topological polar surface area (TPSA) is 88.7 Å². The average molecular weight is 523 g/mol. The highest BCUT2D eigenvalue weighted by atomic mass is 35.5. The van der Waals surface area contributed by atoms with Crippen LogP contribution >= 0.6 is 22.9 Å². The number of nitrogens with zero attached hydrogens (tertiary/aromatic N) is 3. The maximum Gasteiger partial charge on any atom is 0.320 e. The van der Waals surface area contributed by atoms with Gasteiger partial charge in [-0.15, -0.1) is 0 Å². The lowest BCUT2D eigenvalue weighted by atomic mass is 10.1. The number of rotatable bonds is 7. The lowest BCUT2D eigenvalue weighted by Crippen LogP contribution is -2.57. The van der Waals surface area contributed by atoms with Gasteiger partial charge >= 0.3 is 5.91 Å². The molecule has 1 N–H and O–H groups in total. The molecule has 2 aromatic carbocycles. The van der Waals surface area contributed by atoms with Gasteiger partial charge in [0.1, 0.15) is 0 Å². The minimum atomic E-state index is -3.64. The number of sulfone groups is 1. The first-order chi connectivity index (χ1) is 16.3. The summed E-state index contributed by atoms with van der Waals surface area (Å²) in [6, 6.07) is 10.3. The van der Waals surface area contributed by atoms with E-state index < -0.39 is 9.84 Å². The number of fused-ring (bicyclic) bond motifs is 1. The summed E-state index contributed by atoms with van der Waals surface area (Å²) >= 11 is 7.47. The van der Waals surface area contributed by atoms with E-state index in [2.05, 4.69) is 4.99 Å². The largest absolute Gasteiger partial charge is 0.395 e. The zero-order valence-electron chi connectivity index (χ0n) is 19.1. The molecule has 10 heteroatoms. The Morgan fingerprint density at radius 1 is 1.15 bits per heavy atom. The average Bonchev–Trinajstić information content (AvgIpc) is 3.26. The van der Waals surface area contributed by atoms with Crippen molar-refractivity contribution < 1.29 is 18.3 Å². The second kappa shape index (κ2) is 10.3. The van der Waals surface area contributed by atoms with E-state index in [-0.39, 0.29) is 34.1 Å². The van der Waals surface area contributed by atoms with Crippen molar-refractivity contribution in [2.45, 2.75) is 37.1 Å². The van der Waals surface area contributed by atoms with Crippen LogP contribution < -0.4 is 9.28 Å². The Bertz CT molecular complexity index is 1370. The molecule has 1 aromatic heterocycles. The number of quaternary nitrogens is 1. The Morgan fingerprint density at radius 3 is 2.56 bits per heavy atom. The summed E-state index contributed by atoms with van der Waals surface area (Å²) < 4.78 is 28.3. The maximum atomic E-state index is 13.6. The molecule has 0 unspecified atom stereocenters. The quantitative estimate of drug-likeness (QED) is 0.478. The standard InChI is InChI=1S/C24H29ClN3O4S2/c1-26-24-27(10-13-29)17-23(33-24)28(11-3-2-4-12-28)22(30)9-14-34(31,32)21-8-6-18-15-20(25)7-5-19(18)16-21/h5-8,15-17,29H,2-4,9-14H2,1H3/q+1/b26-24-. The molecule has 4 rings (SSSR count). The third-order valence-corrected chi connectivity index (χ3v) is 9.65. The summed E-state index contributed by atoms with van der Waals surface area (Å²) in [5, 5.41) is 12.5. The van der Waals surface area contributed by atoms with Crippen LogP contribution in [-0.4, -0.2) is 56.5 Å². The Hall–Kier alpha value is -2.04. The molecule has 182 valence electrons. The van der Waals surface area contributed by atoms with E-state index in [4.69, 9.17) is 11.6 Å². The molecule has 1 aliphatic rings. The molecule has 0 saturated carbocycles. The molecule has 0 radical (unpaired) electrons. The predicted molar refractivity (Wildman–Crippen MR) is 137 cm³/mol. The second-order valence-corrected chi connectivity index (χ2v) is 12.1. The summed E-state index contributed by atoms with van der Waals surface area (Å²) in [7, 11) is -1.95. The normalized spacial score (nSPS) is 16.7. The molecule has 1 amide bonds. The maximum absolute atomic E-state index is 13.6. The monoisotopic (exact) mass is 522 g/mol. The molecule has 0 aliphatic carbocycles. The Kier molecular flexibility index (Phi) is 7.59. The van der Waals surface area contributed by atoms with E-state index in [9.17, 15) is 18.3 Å². The number of aliphatic hydroxyl groups is 1. The van der Waals surface area contributed by atoms with Gasteiger partial charge in [0.2, 0.25) is 5.00 Å². The smallest absolute Gasteiger partial charge is 0.320 e. The predicted octanol–water partition coefficient (Wildman–Crippen LogP) is 3.76. The molecule has 1 fully saturated rings. The third kappa shape index (κ3) is 4.99. The number of hydrogen-bond acceptors (Lipinski definition) is 6. The molecular weight excluding hydrogens is 494 g/mol. The first-order valence-electron chi connectivity index (χ1n) is 11.4. The van der Waals surface area contributed by atoms with Gasteiger partial charge in [0.15, 0.2) is 14.6 Å². The molecule has 34 heavy (non-hydrogen) atoms. The summed E-state index contributed by atoms with van der Waals surface area (Å²) in [5.74, 6) is -0.325. The van der Waals surface area contributed by atoms with Gasteiger partial charge in [-0.3, -0.25) is 4.99 Å². The van der Waals surface area contributed by atoms with Crippen LogP contribution in [0.3, 0.4) is 0 Å². The van der Waals surface area contributed by atoms with Crippen molar-refractivity contribution in [3.63, 3.8) is 0 Å². The van der Waals surface area contributed by atoms with Crippen LogP contribution in [0.25, 0.3) is 10.8 Å². The Balaban J connectivity index is 1.59. The van der Waals surface area contributed by atoms with Crippen LogP contribution in [0.1, 0.15) is 25.7 Å². The van der Waals surface area contributed by atoms with Crippen molar-refractivity contribution in [3.05, 3.63) is 52.4 Å². The molecule has 0 bridgehead atoms. The zero-order chi connectivity index (χ0) is 24.3. The van der Waals surface area contributed by atoms with E-state index in [1.807, 2.05) is 10.8 Å². The number of likely N-dealkylation sites (tertiary alicyclic amines) is 1. The van der Waals surface area contributed by atoms with Gasteiger partial charge in [0, 0.05) is 18.6 Å². The van der Waals surface area contributed by atoms with E-state index in [0.717, 1.165) is 39.8 Å². The van der Waals surface area contributed by atoms with Gasteiger partial charge < -0.3 is 9.67 Å². The number of aliphatic hydroxyl groups excluding tert-OH is 1. The number of piperidine rings is 1. The van der Waals surface area contributed by atoms with Gasteiger partial charge in [-0.05, 0) is 65.6 Å². The fourth-order valence-corrected chi connectivity index (χ4v) is 7.21. The molecule has 2 heterocycles. The van der Waals surface area contributed by atoms with Crippen molar-refractivity contribution in [3.8, 4) is 0 Å². The first-order valence-corrected chi connectivity index (χ1v) is 14.2. The zero-order valence-corrected chi connectivity index (χ0v) is 21.5. The summed E-state index contributed by atoms with van der Waals surface area (Å²) in [6.45, 7) is 1.68. The minimum Gasteiger partial charge on any atom is -0.395 e.